The zero-order valence-corrected chi connectivity index (χ0v) is 43.0. The Bertz CT molecular complexity index is 2760. The van der Waals surface area contributed by atoms with Crippen molar-refractivity contribution < 1.29 is 27.6 Å². The van der Waals surface area contributed by atoms with Crippen LogP contribution in [-0.4, -0.2) is 78.4 Å². The topological polar surface area (TPSA) is 133 Å². The van der Waals surface area contributed by atoms with Gasteiger partial charge in [-0.3, -0.25) is 19.2 Å². The maximum absolute atomic E-state index is 14.9. The average Bonchev–Trinajstić information content (AvgIpc) is 3.43. The minimum atomic E-state index is -4.27. The van der Waals surface area contributed by atoms with Gasteiger partial charge in [-0.25, -0.2) is 8.42 Å². The first-order valence-electron chi connectivity index (χ1n) is 26.8. The first-order valence-corrected chi connectivity index (χ1v) is 28.2. The van der Waals surface area contributed by atoms with E-state index < -0.39 is 33.8 Å². The molecule has 0 spiro atoms. The minimum Gasteiger partial charge on any atom is -0.352 e. The molecule has 2 atom stereocenters. The number of nitrogens with zero attached hydrogens (tertiary/aromatic N) is 2. The lowest BCUT2D eigenvalue weighted by atomic mass is 9.96. The SMILES string of the molecule is O=C(C(=O)N1CCCCC1C(=O)NC(CCCc1ccccc1)CCCc1ccccc1)c1cccc2c(S(=O)(=O)N3CCCCC3C(=O)NC(CCCc3ccccc3)CCCc3ccccc3)cccc12. The fourth-order valence-corrected chi connectivity index (χ4v) is 12.8. The Morgan fingerprint density at radius 2 is 0.877 bits per heavy atom. The Morgan fingerprint density at radius 1 is 0.466 bits per heavy atom. The molecular formula is C62H72N4O6S. The largest absolute Gasteiger partial charge is 0.352 e. The molecule has 6 aromatic carbocycles. The lowest BCUT2D eigenvalue weighted by molar-refractivity contribution is -0.139. The van der Waals surface area contributed by atoms with Crippen LogP contribution in [0.4, 0.5) is 0 Å². The quantitative estimate of drug-likeness (QED) is 0.0458. The second-order valence-corrected chi connectivity index (χ2v) is 21.9. The van der Waals surface area contributed by atoms with E-state index in [1.807, 2.05) is 72.8 Å². The first kappa shape index (κ1) is 52.9. The summed E-state index contributed by atoms with van der Waals surface area (Å²) in [4.78, 5) is 59.0. The van der Waals surface area contributed by atoms with Crippen molar-refractivity contribution in [2.24, 2.45) is 0 Å². The molecule has 10 nitrogen and oxygen atoms in total. The molecular weight excluding hydrogens is 929 g/mol. The summed E-state index contributed by atoms with van der Waals surface area (Å²) in [7, 11) is -4.27. The summed E-state index contributed by atoms with van der Waals surface area (Å²) in [5, 5.41) is 7.25. The molecule has 8 rings (SSSR count). The highest BCUT2D eigenvalue weighted by Gasteiger charge is 2.40. The summed E-state index contributed by atoms with van der Waals surface area (Å²) in [6, 6.07) is 48.9. The van der Waals surface area contributed by atoms with Crippen molar-refractivity contribution in [3.8, 4) is 0 Å². The van der Waals surface area contributed by atoms with Crippen LogP contribution >= 0.6 is 0 Å². The Kier molecular flexibility index (Phi) is 19.2. The molecule has 2 aliphatic heterocycles. The lowest BCUT2D eigenvalue weighted by Crippen LogP contribution is -2.55. The van der Waals surface area contributed by atoms with E-state index in [1.165, 1.54) is 37.5 Å². The molecule has 0 aromatic heterocycles. The van der Waals surface area contributed by atoms with Crippen molar-refractivity contribution in [1.29, 1.82) is 0 Å². The first-order chi connectivity index (χ1) is 35.7. The highest BCUT2D eigenvalue weighted by molar-refractivity contribution is 7.89. The van der Waals surface area contributed by atoms with Crippen molar-refractivity contribution in [3.63, 3.8) is 0 Å². The molecule has 73 heavy (non-hydrogen) atoms. The van der Waals surface area contributed by atoms with E-state index in [2.05, 4.69) is 59.2 Å². The number of aryl methyl sites for hydroxylation is 4. The van der Waals surface area contributed by atoms with Crippen LogP contribution in [0.5, 0.6) is 0 Å². The van der Waals surface area contributed by atoms with Gasteiger partial charge in [0.25, 0.3) is 11.7 Å². The Morgan fingerprint density at radius 3 is 1.36 bits per heavy atom. The number of amides is 3. The van der Waals surface area contributed by atoms with Gasteiger partial charge in [0.15, 0.2) is 0 Å². The predicted octanol–water partition coefficient (Wildman–Crippen LogP) is 11.0. The molecule has 382 valence electrons. The van der Waals surface area contributed by atoms with Gasteiger partial charge in [0.05, 0.1) is 4.90 Å². The monoisotopic (exact) mass is 1000 g/mol. The van der Waals surface area contributed by atoms with E-state index in [0.717, 1.165) is 83.5 Å². The number of rotatable bonds is 24. The zero-order valence-electron chi connectivity index (χ0n) is 42.2. The van der Waals surface area contributed by atoms with Crippen molar-refractivity contribution in [2.45, 2.75) is 145 Å². The number of piperidine rings is 2. The third-order valence-electron chi connectivity index (χ3n) is 14.9. The van der Waals surface area contributed by atoms with Gasteiger partial charge in [0.1, 0.15) is 12.1 Å². The molecule has 2 unspecified atom stereocenters. The molecule has 6 aromatic rings. The number of carbonyl (C=O) groups excluding carboxylic acids is 4. The second kappa shape index (κ2) is 26.5. The summed E-state index contributed by atoms with van der Waals surface area (Å²) < 4.78 is 31.2. The van der Waals surface area contributed by atoms with Gasteiger partial charge in [-0.1, -0.05) is 158 Å². The van der Waals surface area contributed by atoms with Crippen molar-refractivity contribution in [2.75, 3.05) is 13.1 Å². The van der Waals surface area contributed by atoms with Gasteiger partial charge in [-0.15, -0.1) is 0 Å². The van der Waals surface area contributed by atoms with Crippen LogP contribution in [0.15, 0.2) is 163 Å². The van der Waals surface area contributed by atoms with Gasteiger partial charge in [-0.2, -0.15) is 4.31 Å². The highest BCUT2D eigenvalue weighted by Crippen LogP contribution is 2.33. The van der Waals surface area contributed by atoms with Crippen LogP contribution in [0.2, 0.25) is 0 Å². The molecule has 2 fully saturated rings. The van der Waals surface area contributed by atoms with Crippen LogP contribution < -0.4 is 10.6 Å². The number of likely N-dealkylation sites (tertiary alicyclic amines) is 1. The molecule has 2 saturated heterocycles. The van der Waals surface area contributed by atoms with E-state index in [4.69, 9.17) is 0 Å². The van der Waals surface area contributed by atoms with Crippen LogP contribution in [0, 0.1) is 0 Å². The zero-order chi connectivity index (χ0) is 50.8. The standard InChI is InChI=1S/C62H72N4O6S/c67-59(62(70)65-45-15-13-42-56(65)60(68)63-51(35-17-31-47-23-5-1-6-24-47)36-18-32-48-25-7-2-8-26-48)55-41-21-40-54-53(55)39-22-44-58(54)73(71,72)66-46-16-14-43-57(66)61(69)64-52(37-19-33-49-27-9-3-10-28-49)38-20-34-50-29-11-4-12-30-50/h1-12,21-30,39-41,44,51-52,56-57H,13-20,31-38,42-43,45-46H2,(H,63,68)(H,64,69). The van der Waals surface area contributed by atoms with Crippen LogP contribution in [0.1, 0.15) is 123 Å². The van der Waals surface area contributed by atoms with E-state index in [9.17, 15) is 27.6 Å². The van der Waals surface area contributed by atoms with E-state index in [1.54, 1.807) is 30.3 Å². The predicted molar refractivity (Wildman–Crippen MR) is 291 cm³/mol. The lowest BCUT2D eigenvalue weighted by Gasteiger charge is -2.35. The summed E-state index contributed by atoms with van der Waals surface area (Å²) in [6.45, 7) is 0.443. The number of fused-ring (bicyclic) bond motifs is 1. The molecule has 0 bridgehead atoms. The molecule has 2 aliphatic rings. The van der Waals surface area contributed by atoms with Gasteiger partial charge < -0.3 is 15.5 Å². The molecule has 0 saturated carbocycles. The summed E-state index contributed by atoms with van der Waals surface area (Å²) in [6.07, 6.45) is 13.7. The molecule has 11 heteroatoms. The van der Waals surface area contributed by atoms with Gasteiger partial charge in [0.2, 0.25) is 21.8 Å². The highest BCUT2D eigenvalue weighted by atomic mass is 32.2. The van der Waals surface area contributed by atoms with Gasteiger partial charge >= 0.3 is 0 Å². The third-order valence-corrected chi connectivity index (χ3v) is 16.8. The van der Waals surface area contributed by atoms with E-state index >= 15 is 0 Å². The normalized spacial score (nSPS) is 16.4. The fourth-order valence-electron chi connectivity index (χ4n) is 10.9. The molecule has 2 heterocycles. The molecule has 2 N–H and O–H groups in total. The third kappa shape index (κ3) is 14.4. The van der Waals surface area contributed by atoms with Crippen molar-refractivity contribution >= 4 is 44.3 Å². The molecule has 0 radical (unpaired) electrons. The number of Topliss-reactive ketones (excluding diaryl/α,β-unsaturated/α-hetero) is 1. The van der Waals surface area contributed by atoms with Crippen LogP contribution in [0.25, 0.3) is 10.8 Å². The van der Waals surface area contributed by atoms with Crippen molar-refractivity contribution in [1.82, 2.24) is 19.8 Å². The second-order valence-electron chi connectivity index (χ2n) is 20.0. The average molecular weight is 1000 g/mol. The fraction of sp³-hybridized carbons (Fsp3) is 0.387. The maximum atomic E-state index is 14.9. The summed E-state index contributed by atoms with van der Waals surface area (Å²) in [5.74, 6) is -2.11. The maximum Gasteiger partial charge on any atom is 0.295 e. The minimum absolute atomic E-state index is 0.0186. The Hall–Kier alpha value is -6.43. The number of nitrogens with one attached hydrogen (secondary N) is 2. The Labute approximate surface area is 433 Å². The smallest absolute Gasteiger partial charge is 0.295 e. The molecule has 3 amide bonds. The van der Waals surface area contributed by atoms with Crippen LogP contribution in [0.3, 0.4) is 0 Å². The van der Waals surface area contributed by atoms with E-state index in [0.29, 0.717) is 42.9 Å². The summed E-state index contributed by atoms with van der Waals surface area (Å²) >= 11 is 0. The van der Waals surface area contributed by atoms with Crippen LogP contribution in [-0.2, 0) is 50.1 Å². The number of carbonyl (C=O) groups is 4. The number of hydrogen-bond donors (Lipinski definition) is 2. The number of ketones is 1. The number of hydrogen-bond acceptors (Lipinski definition) is 6. The Balaban J connectivity index is 0.961. The summed E-state index contributed by atoms with van der Waals surface area (Å²) in [5.41, 5.74) is 5.05. The van der Waals surface area contributed by atoms with E-state index in [-0.39, 0.29) is 47.4 Å². The molecule has 0 aliphatic carbocycles. The number of benzene rings is 6. The van der Waals surface area contributed by atoms with Gasteiger partial charge in [-0.05, 0) is 143 Å². The number of sulfonamides is 1. The van der Waals surface area contributed by atoms with Crippen molar-refractivity contribution in [3.05, 3.63) is 186 Å². The van der Waals surface area contributed by atoms with Gasteiger partial charge in [0, 0.05) is 36.1 Å².